The molecule has 0 aliphatic carbocycles. The quantitative estimate of drug-likeness (QED) is 0.306. The van der Waals surface area contributed by atoms with Crippen LogP contribution in [0.2, 0.25) is 0 Å². The minimum atomic E-state index is 0. The molecule has 0 bridgehead atoms. The van der Waals surface area contributed by atoms with Gasteiger partial charge in [-0.3, -0.25) is 0 Å². The Morgan fingerprint density at radius 1 is 0.700 bits per heavy atom. The Morgan fingerprint density at radius 3 is 1.33 bits per heavy atom. The molecule has 0 nitrogen and oxygen atoms in total. The van der Waals surface area contributed by atoms with Gasteiger partial charge in [0.05, 0.1) is 0 Å². The van der Waals surface area contributed by atoms with Crippen molar-refractivity contribution in [3.63, 3.8) is 0 Å². The predicted octanol–water partition coefficient (Wildman–Crippen LogP) is 1.61. The van der Waals surface area contributed by atoms with E-state index in [9.17, 15) is 0 Å². The van der Waals surface area contributed by atoms with E-state index in [1.807, 2.05) is 0 Å². The fourth-order valence-corrected chi connectivity index (χ4v) is 3.27. The summed E-state index contributed by atoms with van der Waals surface area (Å²) in [6.07, 6.45) is 2.25. The first-order valence-electron chi connectivity index (χ1n) is 10.2. The molecule has 0 aliphatic rings. The molecule has 3 heteroatoms. The van der Waals surface area contributed by atoms with E-state index in [0.29, 0.717) is 0 Å². The summed E-state index contributed by atoms with van der Waals surface area (Å²) >= 11 is 2.08. The Hall–Kier alpha value is -1.18. The zero-order valence-corrected chi connectivity index (χ0v) is 22.0. The number of aryl methyl sites for hydroxylation is 4. The number of rotatable bonds is 2. The molecule has 0 heterocycles. The predicted molar refractivity (Wildman–Crippen MR) is 124 cm³/mol. The first-order valence-corrected chi connectivity index (χ1v) is 10.9. The average Bonchev–Trinajstić information content (AvgIpc) is 3.20. The van der Waals surface area contributed by atoms with Crippen LogP contribution < -0.4 is 24.8 Å². The summed E-state index contributed by atoms with van der Waals surface area (Å²) in [5.41, 5.74) is 5.57. The molecular weight excluding hydrogens is 443 g/mol. The molecule has 0 radical (unpaired) electrons. The first kappa shape index (κ1) is 28.8. The molecule has 4 aromatic rings. The Kier molecular flexibility index (Phi) is 13.4. The van der Waals surface area contributed by atoms with Gasteiger partial charge in [0.15, 0.2) is 0 Å². The van der Waals surface area contributed by atoms with E-state index in [4.69, 9.17) is 0 Å². The van der Waals surface area contributed by atoms with Crippen molar-refractivity contribution >= 4 is 25.4 Å². The SMILES string of the molecule is CCc1ccc2[cH-]c(C)cc2c1.CCc1ccc2[cH-]c(C)cc2c1.C[C](C)=[Ti+2].[Cl-].[Cl-]. The molecule has 30 heavy (non-hydrogen) atoms. The molecule has 160 valence electrons. The summed E-state index contributed by atoms with van der Waals surface area (Å²) < 4.78 is 1.42. The van der Waals surface area contributed by atoms with E-state index < -0.39 is 0 Å². The van der Waals surface area contributed by atoms with E-state index in [2.05, 4.69) is 122 Å². The van der Waals surface area contributed by atoms with Crippen LogP contribution >= 0.6 is 0 Å². The van der Waals surface area contributed by atoms with Crippen LogP contribution in [0.5, 0.6) is 0 Å². The van der Waals surface area contributed by atoms with E-state index in [1.165, 1.54) is 47.6 Å². The second-order valence-electron chi connectivity index (χ2n) is 7.70. The molecule has 0 aliphatic heterocycles. The molecule has 4 rings (SSSR count). The summed E-state index contributed by atoms with van der Waals surface area (Å²) in [6.45, 7) is 12.8. The van der Waals surface area contributed by atoms with Crippen LogP contribution in [0.25, 0.3) is 21.5 Å². The maximum absolute atomic E-state index is 2.28. The molecule has 0 saturated carbocycles. The van der Waals surface area contributed by atoms with Crippen LogP contribution in [-0.4, -0.2) is 3.81 Å². The molecule has 0 amide bonds. The van der Waals surface area contributed by atoms with Crippen molar-refractivity contribution in [2.75, 3.05) is 0 Å². The van der Waals surface area contributed by atoms with Gasteiger partial charge in [0.1, 0.15) is 0 Å². The fraction of sp³-hybridized carbons (Fsp3) is 0.296. The van der Waals surface area contributed by atoms with Crippen LogP contribution in [0.4, 0.5) is 0 Å². The zero-order valence-electron chi connectivity index (χ0n) is 18.9. The van der Waals surface area contributed by atoms with Crippen LogP contribution in [-0.2, 0) is 32.8 Å². The Bertz CT molecular complexity index is 969. The van der Waals surface area contributed by atoms with Crippen molar-refractivity contribution < 1.29 is 44.8 Å². The van der Waals surface area contributed by atoms with Crippen molar-refractivity contribution in [3.05, 3.63) is 82.9 Å². The monoisotopic (exact) mass is 474 g/mol. The van der Waals surface area contributed by atoms with Gasteiger partial charge in [0.25, 0.3) is 0 Å². The van der Waals surface area contributed by atoms with Crippen molar-refractivity contribution in [3.8, 4) is 0 Å². The van der Waals surface area contributed by atoms with Gasteiger partial charge >= 0.3 is 37.6 Å². The van der Waals surface area contributed by atoms with E-state index in [1.54, 1.807) is 0 Å². The molecule has 0 atom stereocenters. The van der Waals surface area contributed by atoms with Crippen molar-refractivity contribution in [2.45, 2.75) is 54.4 Å². The maximum Gasteiger partial charge on any atom is -1.00 e. The Morgan fingerprint density at radius 2 is 1.03 bits per heavy atom. The third kappa shape index (κ3) is 8.90. The van der Waals surface area contributed by atoms with E-state index in [-0.39, 0.29) is 24.8 Å². The van der Waals surface area contributed by atoms with Gasteiger partial charge in [-0.25, -0.2) is 0 Å². The molecule has 0 N–H and O–H groups in total. The van der Waals surface area contributed by atoms with Crippen LogP contribution in [0.1, 0.15) is 49.9 Å². The van der Waals surface area contributed by atoms with Crippen LogP contribution in [0.15, 0.2) is 60.7 Å². The van der Waals surface area contributed by atoms with Gasteiger partial charge in [0.2, 0.25) is 0 Å². The molecule has 0 saturated heterocycles. The normalized spacial score (nSPS) is 9.60. The first-order chi connectivity index (χ1) is 13.3. The van der Waals surface area contributed by atoms with Gasteiger partial charge in [-0.15, -0.1) is 81.2 Å². The molecule has 4 aromatic carbocycles. The summed E-state index contributed by atoms with van der Waals surface area (Å²) in [4.78, 5) is 0. The molecule has 0 spiro atoms. The number of fused-ring (bicyclic) bond motifs is 2. The average molecular weight is 475 g/mol. The van der Waals surface area contributed by atoms with E-state index in [0.717, 1.165) is 12.8 Å². The standard InChI is InChI=1S/2C12H13.C3H6.2ClH.Ti/c2*1-3-10-4-5-11-6-9(2)7-12(11)8-10;1-3-2;;;/h2*4-8H,3H2,1-2H3;1-2H3;2*1H;/q2*-1;;;;+2/p-2. The number of hydrogen-bond donors (Lipinski definition) is 0. The number of benzene rings is 2. The zero-order chi connectivity index (χ0) is 20.7. The molecule has 0 unspecified atom stereocenters. The third-order valence-electron chi connectivity index (χ3n) is 4.65. The number of hydrogen-bond acceptors (Lipinski definition) is 0. The number of halogens is 2. The Balaban J connectivity index is 0.000000452. The van der Waals surface area contributed by atoms with E-state index >= 15 is 0 Å². The minimum absolute atomic E-state index is 0. The minimum Gasteiger partial charge on any atom is -1.00 e. The van der Waals surface area contributed by atoms with Crippen molar-refractivity contribution in [1.29, 1.82) is 0 Å². The van der Waals surface area contributed by atoms with Gasteiger partial charge in [-0.05, 0) is 12.8 Å². The van der Waals surface area contributed by atoms with Gasteiger partial charge in [0, 0.05) is 0 Å². The second-order valence-corrected chi connectivity index (χ2v) is 9.26. The van der Waals surface area contributed by atoms with Gasteiger partial charge in [-0.1, -0.05) is 38.8 Å². The van der Waals surface area contributed by atoms with Crippen molar-refractivity contribution in [1.82, 2.24) is 0 Å². The largest absolute Gasteiger partial charge is 1.00 e. The summed E-state index contributed by atoms with van der Waals surface area (Å²) in [5.74, 6) is 0. The third-order valence-corrected chi connectivity index (χ3v) is 4.65. The molecular formula is C27H32Cl2Ti-2. The fourth-order valence-electron chi connectivity index (χ4n) is 3.27. The summed E-state index contributed by atoms with van der Waals surface area (Å²) in [5, 5.41) is 5.49. The summed E-state index contributed by atoms with van der Waals surface area (Å²) in [6, 6.07) is 22.4. The molecule has 0 fully saturated rings. The van der Waals surface area contributed by atoms with Crippen LogP contribution in [0.3, 0.4) is 0 Å². The van der Waals surface area contributed by atoms with Crippen molar-refractivity contribution in [2.24, 2.45) is 0 Å². The van der Waals surface area contributed by atoms with Crippen LogP contribution in [0, 0.1) is 13.8 Å². The topological polar surface area (TPSA) is 0 Å². The molecule has 0 aromatic heterocycles. The van der Waals surface area contributed by atoms with Gasteiger partial charge in [-0.2, -0.15) is 12.1 Å². The summed E-state index contributed by atoms with van der Waals surface area (Å²) in [7, 11) is 0. The second kappa shape index (κ2) is 14.0. The van der Waals surface area contributed by atoms with Gasteiger partial charge < -0.3 is 24.8 Å². The Labute approximate surface area is 206 Å². The maximum atomic E-state index is 2.28. The smallest absolute Gasteiger partial charge is 1.00 e.